The van der Waals surface area contributed by atoms with Gasteiger partial charge in [0.15, 0.2) is 0 Å². The molecule has 58 valence electrons. The van der Waals surface area contributed by atoms with Crippen molar-refractivity contribution in [3.63, 3.8) is 0 Å². The molecule has 0 aromatic heterocycles. The molecular formula is C9H17N. The highest BCUT2D eigenvalue weighted by atomic mass is 14.9. The minimum Gasteiger partial charge on any atom is -0.291 e. The summed E-state index contributed by atoms with van der Waals surface area (Å²) in [6.07, 6.45) is 4.44. The van der Waals surface area contributed by atoms with Crippen LogP contribution in [0.5, 0.6) is 0 Å². The Balaban J connectivity index is 2.78. The van der Waals surface area contributed by atoms with E-state index in [0.29, 0.717) is 5.41 Å². The zero-order chi connectivity index (χ0) is 7.83. The first kappa shape index (κ1) is 7.77. The third kappa shape index (κ3) is 1.09. The first-order valence-electron chi connectivity index (χ1n) is 3.99. The Kier molecular flexibility index (Phi) is 1.61. The standard InChI is InChI=1S/C9H17N/c1-8(2,3)9(4)6-5-7-10-9/h7H,5-6H2,1-4H3. The van der Waals surface area contributed by atoms with Crippen LogP contribution in [0.25, 0.3) is 0 Å². The summed E-state index contributed by atoms with van der Waals surface area (Å²) < 4.78 is 0. The molecule has 0 amide bonds. The van der Waals surface area contributed by atoms with Crippen molar-refractivity contribution in [1.29, 1.82) is 0 Å². The molecule has 1 heteroatoms. The van der Waals surface area contributed by atoms with E-state index in [2.05, 4.69) is 38.9 Å². The van der Waals surface area contributed by atoms with Crippen molar-refractivity contribution in [2.24, 2.45) is 10.4 Å². The Bertz CT molecular complexity index is 153. The van der Waals surface area contributed by atoms with Gasteiger partial charge in [-0.1, -0.05) is 20.8 Å². The van der Waals surface area contributed by atoms with Crippen molar-refractivity contribution >= 4 is 6.21 Å². The molecule has 0 saturated carbocycles. The third-order valence-electron chi connectivity index (χ3n) is 2.75. The number of hydrogen-bond donors (Lipinski definition) is 0. The second kappa shape index (κ2) is 2.08. The normalized spacial score (nSPS) is 33.2. The predicted octanol–water partition coefficient (Wildman–Crippen LogP) is 2.66. The van der Waals surface area contributed by atoms with Gasteiger partial charge in [-0.25, -0.2) is 0 Å². The van der Waals surface area contributed by atoms with Gasteiger partial charge >= 0.3 is 0 Å². The second-order valence-electron chi connectivity index (χ2n) is 4.37. The van der Waals surface area contributed by atoms with Crippen LogP contribution in [0.1, 0.15) is 40.5 Å². The van der Waals surface area contributed by atoms with Gasteiger partial charge in [0.25, 0.3) is 0 Å². The maximum Gasteiger partial charge on any atom is 0.0627 e. The van der Waals surface area contributed by atoms with Crippen LogP contribution >= 0.6 is 0 Å². The Labute approximate surface area is 63.5 Å². The maximum atomic E-state index is 4.51. The number of hydrogen-bond acceptors (Lipinski definition) is 1. The molecule has 0 aromatic rings. The molecule has 1 atom stereocenters. The molecule has 0 radical (unpaired) electrons. The topological polar surface area (TPSA) is 12.4 Å². The average Bonchev–Trinajstić information content (AvgIpc) is 2.13. The molecule has 1 aliphatic heterocycles. The molecule has 1 heterocycles. The van der Waals surface area contributed by atoms with E-state index < -0.39 is 0 Å². The maximum absolute atomic E-state index is 4.51. The Morgan fingerprint density at radius 2 is 2.00 bits per heavy atom. The van der Waals surface area contributed by atoms with E-state index in [1.807, 2.05) is 0 Å². The van der Waals surface area contributed by atoms with Crippen LogP contribution in [0.2, 0.25) is 0 Å². The summed E-state index contributed by atoms with van der Waals surface area (Å²) in [7, 11) is 0. The van der Waals surface area contributed by atoms with E-state index in [1.54, 1.807) is 0 Å². The van der Waals surface area contributed by atoms with Crippen molar-refractivity contribution in [2.75, 3.05) is 0 Å². The van der Waals surface area contributed by atoms with Crippen LogP contribution in [0.4, 0.5) is 0 Å². The van der Waals surface area contributed by atoms with E-state index in [-0.39, 0.29) is 5.54 Å². The number of rotatable bonds is 0. The zero-order valence-corrected chi connectivity index (χ0v) is 7.44. The summed E-state index contributed by atoms with van der Waals surface area (Å²) in [6.45, 7) is 9.03. The van der Waals surface area contributed by atoms with Crippen LogP contribution in [0.3, 0.4) is 0 Å². The van der Waals surface area contributed by atoms with Gasteiger partial charge in [-0.3, -0.25) is 4.99 Å². The van der Waals surface area contributed by atoms with Crippen molar-refractivity contribution in [1.82, 2.24) is 0 Å². The summed E-state index contributed by atoms with van der Waals surface area (Å²) in [5, 5.41) is 0. The molecule has 1 unspecified atom stereocenters. The Morgan fingerprint density at radius 1 is 1.40 bits per heavy atom. The molecule has 10 heavy (non-hydrogen) atoms. The van der Waals surface area contributed by atoms with E-state index in [4.69, 9.17) is 0 Å². The first-order chi connectivity index (χ1) is 4.46. The quantitative estimate of drug-likeness (QED) is 0.489. The smallest absolute Gasteiger partial charge is 0.0627 e. The molecule has 0 aromatic carbocycles. The molecule has 1 nitrogen and oxygen atoms in total. The summed E-state index contributed by atoms with van der Waals surface area (Å²) >= 11 is 0. The SMILES string of the molecule is CC(C)(C)C1(C)CCC=N1. The largest absolute Gasteiger partial charge is 0.291 e. The fourth-order valence-corrected chi connectivity index (χ4v) is 1.24. The lowest BCUT2D eigenvalue weighted by Crippen LogP contribution is -2.35. The zero-order valence-electron chi connectivity index (χ0n) is 7.44. The molecule has 1 rings (SSSR count). The van der Waals surface area contributed by atoms with Crippen LogP contribution in [-0.4, -0.2) is 11.8 Å². The second-order valence-corrected chi connectivity index (χ2v) is 4.37. The Hall–Kier alpha value is -0.330. The minimum atomic E-state index is 0.201. The third-order valence-corrected chi connectivity index (χ3v) is 2.75. The van der Waals surface area contributed by atoms with Crippen molar-refractivity contribution in [2.45, 2.75) is 46.1 Å². The fourth-order valence-electron chi connectivity index (χ4n) is 1.24. The highest BCUT2D eigenvalue weighted by Crippen LogP contribution is 2.39. The lowest BCUT2D eigenvalue weighted by Gasteiger charge is -2.35. The molecule has 0 fully saturated rings. The molecular weight excluding hydrogens is 122 g/mol. The molecule has 0 bridgehead atoms. The van der Waals surface area contributed by atoms with Gasteiger partial charge in [-0.2, -0.15) is 0 Å². The summed E-state index contributed by atoms with van der Waals surface area (Å²) in [5.41, 5.74) is 0.521. The van der Waals surface area contributed by atoms with Gasteiger partial charge < -0.3 is 0 Å². The van der Waals surface area contributed by atoms with Gasteiger partial charge in [0.1, 0.15) is 0 Å². The van der Waals surface area contributed by atoms with Crippen LogP contribution < -0.4 is 0 Å². The van der Waals surface area contributed by atoms with Crippen LogP contribution in [0.15, 0.2) is 4.99 Å². The monoisotopic (exact) mass is 139 g/mol. The molecule has 0 aliphatic carbocycles. The highest BCUT2D eigenvalue weighted by Gasteiger charge is 2.37. The minimum absolute atomic E-state index is 0.201. The van der Waals surface area contributed by atoms with Crippen LogP contribution in [-0.2, 0) is 0 Å². The molecule has 1 aliphatic rings. The van der Waals surface area contributed by atoms with Crippen molar-refractivity contribution < 1.29 is 0 Å². The number of nitrogens with zero attached hydrogens (tertiary/aromatic N) is 1. The van der Waals surface area contributed by atoms with E-state index in [0.717, 1.165) is 6.42 Å². The fraction of sp³-hybridized carbons (Fsp3) is 0.889. The van der Waals surface area contributed by atoms with E-state index >= 15 is 0 Å². The van der Waals surface area contributed by atoms with Gasteiger partial charge in [-0.15, -0.1) is 0 Å². The number of aliphatic imine (C=N–C) groups is 1. The van der Waals surface area contributed by atoms with Crippen molar-refractivity contribution in [3.8, 4) is 0 Å². The van der Waals surface area contributed by atoms with Gasteiger partial charge in [0.05, 0.1) is 5.54 Å². The van der Waals surface area contributed by atoms with Crippen molar-refractivity contribution in [3.05, 3.63) is 0 Å². The highest BCUT2D eigenvalue weighted by molar-refractivity contribution is 5.61. The lowest BCUT2D eigenvalue weighted by atomic mass is 9.74. The van der Waals surface area contributed by atoms with Crippen LogP contribution in [0, 0.1) is 5.41 Å². The van der Waals surface area contributed by atoms with Gasteiger partial charge in [-0.05, 0) is 31.4 Å². The lowest BCUT2D eigenvalue weighted by molar-refractivity contribution is 0.211. The van der Waals surface area contributed by atoms with Gasteiger partial charge in [0.2, 0.25) is 0 Å². The summed E-state index contributed by atoms with van der Waals surface area (Å²) in [6, 6.07) is 0. The van der Waals surface area contributed by atoms with E-state index in [9.17, 15) is 0 Å². The summed E-state index contributed by atoms with van der Waals surface area (Å²) in [5.74, 6) is 0. The molecule has 0 saturated heterocycles. The van der Waals surface area contributed by atoms with Gasteiger partial charge in [0, 0.05) is 0 Å². The van der Waals surface area contributed by atoms with E-state index in [1.165, 1.54) is 6.42 Å². The molecule has 0 N–H and O–H groups in total. The molecule has 0 spiro atoms. The predicted molar refractivity (Wildman–Crippen MR) is 45.6 cm³/mol. The Morgan fingerprint density at radius 3 is 2.20 bits per heavy atom. The average molecular weight is 139 g/mol. The summed E-state index contributed by atoms with van der Waals surface area (Å²) in [4.78, 5) is 4.51. The first-order valence-corrected chi connectivity index (χ1v) is 3.99.